The number of halogens is 2. The summed E-state index contributed by atoms with van der Waals surface area (Å²) in [4.78, 5) is 0. The Kier molecular flexibility index (Phi) is 5.23. The quantitative estimate of drug-likeness (QED) is 0.835. The summed E-state index contributed by atoms with van der Waals surface area (Å²) in [6.07, 6.45) is 0.815. The first-order chi connectivity index (χ1) is 7.54. The Bertz CT molecular complexity index is 339. The standard InChI is InChI=1S/C13H19ClFN/c1-9(2)11(8-16-3)6-10-7-12(15)4-5-13(10)14/h4-5,7,9,11,16H,6,8H2,1-3H3. The molecule has 0 heterocycles. The van der Waals surface area contributed by atoms with Crippen LogP contribution in [0.3, 0.4) is 0 Å². The van der Waals surface area contributed by atoms with Gasteiger partial charge < -0.3 is 5.32 Å². The summed E-state index contributed by atoms with van der Waals surface area (Å²) in [6.45, 7) is 5.27. The van der Waals surface area contributed by atoms with Crippen LogP contribution in [0.15, 0.2) is 18.2 Å². The Morgan fingerprint density at radius 3 is 2.62 bits per heavy atom. The molecule has 0 radical (unpaired) electrons. The van der Waals surface area contributed by atoms with E-state index in [-0.39, 0.29) is 5.82 Å². The zero-order valence-corrected chi connectivity index (χ0v) is 10.8. The fourth-order valence-corrected chi connectivity index (χ4v) is 1.98. The summed E-state index contributed by atoms with van der Waals surface area (Å²) in [6, 6.07) is 4.56. The second-order valence-electron chi connectivity index (χ2n) is 4.50. The van der Waals surface area contributed by atoms with Crippen molar-refractivity contribution in [2.45, 2.75) is 20.3 Å². The van der Waals surface area contributed by atoms with Gasteiger partial charge in [-0.15, -0.1) is 0 Å². The Balaban J connectivity index is 2.80. The summed E-state index contributed by atoms with van der Waals surface area (Å²) >= 11 is 6.06. The highest BCUT2D eigenvalue weighted by atomic mass is 35.5. The van der Waals surface area contributed by atoms with E-state index in [4.69, 9.17) is 11.6 Å². The number of hydrogen-bond donors (Lipinski definition) is 1. The summed E-state index contributed by atoms with van der Waals surface area (Å²) in [7, 11) is 1.93. The molecule has 1 aromatic carbocycles. The fraction of sp³-hybridized carbons (Fsp3) is 0.538. The Hall–Kier alpha value is -0.600. The van der Waals surface area contributed by atoms with Crippen molar-refractivity contribution in [3.63, 3.8) is 0 Å². The molecule has 0 aromatic heterocycles. The molecule has 0 aliphatic rings. The predicted octanol–water partition coefficient (Wildman–Crippen LogP) is 3.51. The topological polar surface area (TPSA) is 12.0 Å². The maximum absolute atomic E-state index is 13.1. The average Bonchev–Trinajstić information content (AvgIpc) is 2.22. The van der Waals surface area contributed by atoms with Gasteiger partial charge in [0.2, 0.25) is 0 Å². The van der Waals surface area contributed by atoms with Crippen LogP contribution < -0.4 is 5.32 Å². The van der Waals surface area contributed by atoms with Gasteiger partial charge in [0.15, 0.2) is 0 Å². The summed E-state index contributed by atoms with van der Waals surface area (Å²) in [5.74, 6) is 0.808. The number of rotatable bonds is 5. The van der Waals surface area contributed by atoms with Gasteiger partial charge in [0.25, 0.3) is 0 Å². The number of nitrogens with one attached hydrogen (secondary N) is 1. The summed E-state index contributed by atoms with van der Waals surface area (Å²) in [5, 5.41) is 3.82. The molecule has 0 bridgehead atoms. The molecule has 1 N–H and O–H groups in total. The molecule has 0 spiro atoms. The molecular weight excluding hydrogens is 225 g/mol. The van der Waals surface area contributed by atoms with E-state index in [1.54, 1.807) is 6.07 Å². The lowest BCUT2D eigenvalue weighted by Gasteiger charge is -2.21. The first-order valence-electron chi connectivity index (χ1n) is 5.63. The van der Waals surface area contributed by atoms with E-state index < -0.39 is 0 Å². The van der Waals surface area contributed by atoms with Crippen LogP contribution in [0.25, 0.3) is 0 Å². The third-order valence-electron chi connectivity index (χ3n) is 2.90. The third-order valence-corrected chi connectivity index (χ3v) is 3.27. The molecule has 0 fully saturated rings. The molecule has 1 unspecified atom stereocenters. The van der Waals surface area contributed by atoms with E-state index in [0.29, 0.717) is 16.9 Å². The molecular formula is C13H19ClFN. The van der Waals surface area contributed by atoms with Gasteiger partial charge >= 0.3 is 0 Å². The van der Waals surface area contributed by atoms with E-state index in [0.717, 1.165) is 18.5 Å². The van der Waals surface area contributed by atoms with Crippen molar-refractivity contribution in [2.24, 2.45) is 11.8 Å². The van der Waals surface area contributed by atoms with E-state index in [9.17, 15) is 4.39 Å². The van der Waals surface area contributed by atoms with Crippen molar-refractivity contribution in [1.82, 2.24) is 5.32 Å². The van der Waals surface area contributed by atoms with Crippen molar-refractivity contribution in [2.75, 3.05) is 13.6 Å². The third kappa shape index (κ3) is 3.76. The number of hydrogen-bond acceptors (Lipinski definition) is 1. The molecule has 0 amide bonds. The fourth-order valence-electron chi connectivity index (χ4n) is 1.79. The first-order valence-corrected chi connectivity index (χ1v) is 6.01. The van der Waals surface area contributed by atoms with E-state index >= 15 is 0 Å². The predicted molar refractivity (Wildman–Crippen MR) is 67.4 cm³/mol. The minimum absolute atomic E-state index is 0.216. The van der Waals surface area contributed by atoms with Gasteiger partial charge in [-0.3, -0.25) is 0 Å². The Morgan fingerprint density at radius 2 is 2.06 bits per heavy atom. The Morgan fingerprint density at radius 1 is 1.38 bits per heavy atom. The van der Waals surface area contributed by atoms with Gasteiger partial charge in [0.1, 0.15) is 5.82 Å². The minimum Gasteiger partial charge on any atom is -0.319 e. The molecule has 90 valence electrons. The molecule has 0 saturated carbocycles. The van der Waals surface area contributed by atoms with Crippen molar-refractivity contribution < 1.29 is 4.39 Å². The zero-order chi connectivity index (χ0) is 12.1. The van der Waals surface area contributed by atoms with Gasteiger partial charge in [0.05, 0.1) is 0 Å². The Labute approximate surface area is 102 Å². The van der Waals surface area contributed by atoms with E-state index in [1.165, 1.54) is 12.1 Å². The largest absolute Gasteiger partial charge is 0.319 e. The van der Waals surface area contributed by atoms with Crippen LogP contribution in [-0.4, -0.2) is 13.6 Å². The highest BCUT2D eigenvalue weighted by Crippen LogP contribution is 2.23. The molecule has 3 heteroatoms. The molecule has 1 rings (SSSR count). The van der Waals surface area contributed by atoms with Crippen LogP contribution in [-0.2, 0) is 6.42 Å². The maximum Gasteiger partial charge on any atom is 0.123 e. The SMILES string of the molecule is CNCC(Cc1cc(F)ccc1Cl)C(C)C. The lowest BCUT2D eigenvalue weighted by molar-refractivity contribution is 0.370. The highest BCUT2D eigenvalue weighted by molar-refractivity contribution is 6.31. The second-order valence-corrected chi connectivity index (χ2v) is 4.91. The van der Waals surface area contributed by atoms with Crippen LogP contribution in [0.2, 0.25) is 5.02 Å². The molecule has 1 nitrogen and oxygen atoms in total. The van der Waals surface area contributed by atoms with Crippen molar-refractivity contribution in [3.05, 3.63) is 34.6 Å². The van der Waals surface area contributed by atoms with Crippen molar-refractivity contribution >= 4 is 11.6 Å². The van der Waals surface area contributed by atoms with Crippen LogP contribution >= 0.6 is 11.6 Å². The smallest absolute Gasteiger partial charge is 0.123 e. The first kappa shape index (κ1) is 13.5. The lowest BCUT2D eigenvalue weighted by Crippen LogP contribution is -2.25. The van der Waals surface area contributed by atoms with Crippen LogP contribution in [0.4, 0.5) is 4.39 Å². The maximum atomic E-state index is 13.1. The monoisotopic (exact) mass is 243 g/mol. The molecule has 1 atom stereocenters. The van der Waals surface area contributed by atoms with Crippen LogP contribution in [0.5, 0.6) is 0 Å². The van der Waals surface area contributed by atoms with Crippen LogP contribution in [0, 0.1) is 17.7 Å². The van der Waals surface area contributed by atoms with Gasteiger partial charge in [-0.2, -0.15) is 0 Å². The van der Waals surface area contributed by atoms with Gasteiger partial charge in [-0.05, 0) is 55.6 Å². The highest BCUT2D eigenvalue weighted by Gasteiger charge is 2.15. The van der Waals surface area contributed by atoms with Crippen molar-refractivity contribution in [1.29, 1.82) is 0 Å². The van der Waals surface area contributed by atoms with Gasteiger partial charge in [-0.25, -0.2) is 4.39 Å². The molecule has 0 saturated heterocycles. The minimum atomic E-state index is -0.216. The second kappa shape index (κ2) is 6.21. The lowest BCUT2D eigenvalue weighted by atomic mass is 9.89. The zero-order valence-electron chi connectivity index (χ0n) is 10.1. The summed E-state index contributed by atoms with van der Waals surface area (Å²) < 4.78 is 13.1. The van der Waals surface area contributed by atoms with Gasteiger partial charge in [-0.1, -0.05) is 25.4 Å². The molecule has 0 aliphatic carbocycles. The molecule has 0 aliphatic heterocycles. The molecule has 1 aromatic rings. The van der Waals surface area contributed by atoms with E-state index in [1.807, 2.05) is 7.05 Å². The average molecular weight is 244 g/mol. The van der Waals surface area contributed by atoms with Gasteiger partial charge in [0, 0.05) is 5.02 Å². The molecule has 16 heavy (non-hydrogen) atoms. The summed E-state index contributed by atoms with van der Waals surface area (Å²) in [5.41, 5.74) is 0.899. The van der Waals surface area contributed by atoms with E-state index in [2.05, 4.69) is 19.2 Å². The van der Waals surface area contributed by atoms with Crippen LogP contribution in [0.1, 0.15) is 19.4 Å². The normalized spacial score (nSPS) is 13.1. The number of benzene rings is 1. The van der Waals surface area contributed by atoms with Crippen molar-refractivity contribution in [3.8, 4) is 0 Å².